The number of hydrogen-bond donors (Lipinski definition) is 1. The molecule has 2 aromatic heterocycles. The molecule has 0 aliphatic rings. The third-order valence-corrected chi connectivity index (χ3v) is 4.77. The molecule has 19 heavy (non-hydrogen) atoms. The van der Waals surface area contributed by atoms with Crippen LogP contribution in [-0.2, 0) is 10.3 Å². The van der Waals surface area contributed by atoms with Crippen molar-refractivity contribution in [1.82, 2.24) is 10.1 Å². The number of thiophene rings is 1. The zero-order valence-electron chi connectivity index (χ0n) is 10.4. The fraction of sp³-hybridized carbons (Fsp3) is 0.455. The summed E-state index contributed by atoms with van der Waals surface area (Å²) in [5.41, 5.74) is 6.21. The summed E-state index contributed by atoms with van der Waals surface area (Å²) in [5, 5.41) is 3.94. The van der Waals surface area contributed by atoms with Crippen LogP contribution in [0, 0.1) is 0 Å². The molecule has 0 amide bonds. The van der Waals surface area contributed by atoms with Crippen LogP contribution in [0.3, 0.4) is 0 Å². The Morgan fingerprint density at radius 2 is 2.26 bits per heavy atom. The smallest absolute Gasteiger partial charge is 0.260 e. The van der Waals surface area contributed by atoms with Crippen molar-refractivity contribution in [2.45, 2.75) is 19.4 Å². The molecule has 0 spiro atoms. The minimum Gasteiger partial charge on any atom is -0.379 e. The lowest BCUT2D eigenvalue weighted by molar-refractivity contribution is 0.0962. The second-order valence-electron chi connectivity index (χ2n) is 4.22. The molecule has 0 saturated carbocycles. The number of ether oxygens (including phenoxy) is 1. The highest BCUT2D eigenvalue weighted by Crippen LogP contribution is 2.38. The standard InChI is InChI=1S/C11H13Br2N3O2S/c1-3-17-5-11(2,14)10-15-9(18-16-10)6-4-7(12)19-8(6)13/h4H,3,5,14H2,1-2H3. The average Bonchev–Trinajstić information content (AvgIpc) is 2.93. The average molecular weight is 411 g/mol. The number of nitrogens with two attached hydrogens (primary N) is 1. The summed E-state index contributed by atoms with van der Waals surface area (Å²) in [5.74, 6) is 0.877. The van der Waals surface area contributed by atoms with E-state index in [4.69, 9.17) is 15.0 Å². The maximum absolute atomic E-state index is 6.13. The fourth-order valence-electron chi connectivity index (χ4n) is 1.43. The van der Waals surface area contributed by atoms with Gasteiger partial charge in [-0.25, -0.2) is 0 Å². The van der Waals surface area contributed by atoms with Crippen LogP contribution in [0.1, 0.15) is 19.7 Å². The van der Waals surface area contributed by atoms with Crippen molar-refractivity contribution in [2.24, 2.45) is 5.73 Å². The Labute approximate surface area is 131 Å². The van der Waals surface area contributed by atoms with Crippen LogP contribution in [0.5, 0.6) is 0 Å². The van der Waals surface area contributed by atoms with Crippen LogP contribution in [0.4, 0.5) is 0 Å². The number of hydrogen-bond acceptors (Lipinski definition) is 6. The van der Waals surface area contributed by atoms with E-state index in [-0.39, 0.29) is 0 Å². The topological polar surface area (TPSA) is 74.2 Å². The summed E-state index contributed by atoms with van der Waals surface area (Å²) in [6, 6.07) is 1.92. The lowest BCUT2D eigenvalue weighted by Crippen LogP contribution is -2.39. The Morgan fingerprint density at radius 3 is 2.84 bits per heavy atom. The predicted octanol–water partition coefficient (Wildman–Crippen LogP) is 3.53. The van der Waals surface area contributed by atoms with E-state index < -0.39 is 5.54 Å². The normalized spacial score (nSPS) is 14.6. The van der Waals surface area contributed by atoms with E-state index >= 15 is 0 Å². The Bertz CT molecular complexity index is 568. The Hall–Kier alpha value is -0.280. The van der Waals surface area contributed by atoms with Gasteiger partial charge in [-0.3, -0.25) is 0 Å². The SMILES string of the molecule is CCOCC(C)(N)c1noc(-c2cc(Br)sc2Br)n1. The molecule has 1 atom stereocenters. The van der Waals surface area contributed by atoms with Gasteiger partial charge in [0.25, 0.3) is 5.89 Å². The maximum atomic E-state index is 6.13. The number of rotatable bonds is 5. The molecule has 104 valence electrons. The van der Waals surface area contributed by atoms with Crippen LogP contribution in [0.25, 0.3) is 11.5 Å². The second-order valence-corrected chi connectivity index (χ2v) is 7.96. The van der Waals surface area contributed by atoms with Gasteiger partial charge in [0.05, 0.1) is 19.7 Å². The van der Waals surface area contributed by atoms with Crippen molar-refractivity contribution < 1.29 is 9.26 Å². The van der Waals surface area contributed by atoms with Gasteiger partial charge in [0.2, 0.25) is 0 Å². The van der Waals surface area contributed by atoms with E-state index in [2.05, 4.69) is 42.0 Å². The van der Waals surface area contributed by atoms with Gasteiger partial charge in [-0.15, -0.1) is 11.3 Å². The van der Waals surface area contributed by atoms with E-state index in [1.807, 2.05) is 19.9 Å². The van der Waals surface area contributed by atoms with Gasteiger partial charge < -0.3 is 15.0 Å². The van der Waals surface area contributed by atoms with E-state index in [0.717, 1.165) is 13.1 Å². The van der Waals surface area contributed by atoms with Gasteiger partial charge in [0.15, 0.2) is 5.82 Å². The van der Waals surface area contributed by atoms with Crippen LogP contribution < -0.4 is 5.73 Å². The van der Waals surface area contributed by atoms with Crippen molar-refractivity contribution in [1.29, 1.82) is 0 Å². The van der Waals surface area contributed by atoms with Gasteiger partial charge >= 0.3 is 0 Å². The van der Waals surface area contributed by atoms with Crippen molar-refractivity contribution in [2.75, 3.05) is 13.2 Å². The third-order valence-electron chi connectivity index (χ3n) is 2.43. The molecule has 2 aromatic rings. The van der Waals surface area contributed by atoms with Gasteiger partial charge in [-0.05, 0) is 51.8 Å². The van der Waals surface area contributed by atoms with Crippen LogP contribution in [0.2, 0.25) is 0 Å². The summed E-state index contributed by atoms with van der Waals surface area (Å²) in [4.78, 5) is 4.35. The van der Waals surface area contributed by atoms with E-state index in [9.17, 15) is 0 Å². The highest BCUT2D eigenvalue weighted by molar-refractivity contribution is 9.12. The van der Waals surface area contributed by atoms with E-state index in [1.165, 1.54) is 0 Å². The number of halogens is 2. The molecule has 0 aromatic carbocycles. The summed E-state index contributed by atoms with van der Waals surface area (Å²) in [7, 11) is 0. The molecule has 8 heteroatoms. The van der Waals surface area contributed by atoms with E-state index in [0.29, 0.717) is 24.9 Å². The third kappa shape index (κ3) is 3.43. The molecule has 2 heterocycles. The van der Waals surface area contributed by atoms with Crippen molar-refractivity contribution in [3.05, 3.63) is 19.5 Å². The van der Waals surface area contributed by atoms with Crippen LogP contribution in [0.15, 0.2) is 18.2 Å². The van der Waals surface area contributed by atoms with Gasteiger partial charge in [-0.2, -0.15) is 4.98 Å². The Morgan fingerprint density at radius 1 is 1.53 bits per heavy atom. The lowest BCUT2D eigenvalue weighted by atomic mass is 10.1. The second kappa shape index (κ2) is 6.01. The van der Waals surface area contributed by atoms with Gasteiger partial charge in [0.1, 0.15) is 5.54 Å². The van der Waals surface area contributed by atoms with Crippen LogP contribution in [-0.4, -0.2) is 23.4 Å². The monoisotopic (exact) mass is 409 g/mol. The molecular formula is C11H13Br2N3O2S. The summed E-state index contributed by atoms with van der Waals surface area (Å²) in [6.45, 7) is 4.67. The highest BCUT2D eigenvalue weighted by atomic mass is 79.9. The summed E-state index contributed by atoms with van der Waals surface area (Å²) >= 11 is 8.42. The summed E-state index contributed by atoms with van der Waals surface area (Å²) < 4.78 is 12.5. The molecule has 1 unspecified atom stereocenters. The van der Waals surface area contributed by atoms with Crippen molar-refractivity contribution in [3.8, 4) is 11.5 Å². The largest absolute Gasteiger partial charge is 0.379 e. The highest BCUT2D eigenvalue weighted by Gasteiger charge is 2.28. The number of nitrogens with zero attached hydrogens (tertiary/aromatic N) is 2. The van der Waals surface area contributed by atoms with Gasteiger partial charge in [-0.1, -0.05) is 5.16 Å². The molecule has 0 fully saturated rings. The molecule has 0 radical (unpaired) electrons. The van der Waals surface area contributed by atoms with Gasteiger partial charge in [0, 0.05) is 6.61 Å². The zero-order valence-corrected chi connectivity index (χ0v) is 14.4. The van der Waals surface area contributed by atoms with E-state index in [1.54, 1.807) is 11.3 Å². The molecule has 0 aliphatic carbocycles. The first-order valence-corrected chi connectivity index (χ1v) is 8.00. The molecule has 0 saturated heterocycles. The molecule has 2 N–H and O–H groups in total. The first-order chi connectivity index (χ1) is 8.94. The molecule has 2 rings (SSSR count). The first kappa shape index (κ1) is 15.1. The van der Waals surface area contributed by atoms with Crippen molar-refractivity contribution in [3.63, 3.8) is 0 Å². The molecule has 5 nitrogen and oxygen atoms in total. The molecular weight excluding hydrogens is 398 g/mol. The lowest BCUT2D eigenvalue weighted by Gasteiger charge is -2.19. The Balaban J connectivity index is 2.26. The zero-order chi connectivity index (χ0) is 14.0. The maximum Gasteiger partial charge on any atom is 0.260 e. The fourth-order valence-corrected chi connectivity index (χ4v) is 4.21. The number of aromatic nitrogens is 2. The first-order valence-electron chi connectivity index (χ1n) is 5.60. The summed E-state index contributed by atoms with van der Waals surface area (Å²) in [6.07, 6.45) is 0. The molecule has 0 bridgehead atoms. The minimum atomic E-state index is -0.766. The quantitative estimate of drug-likeness (QED) is 0.815. The van der Waals surface area contributed by atoms with Crippen LogP contribution >= 0.6 is 43.2 Å². The predicted molar refractivity (Wildman–Crippen MR) is 81.0 cm³/mol. The van der Waals surface area contributed by atoms with Crippen molar-refractivity contribution >= 4 is 43.2 Å². The Kier molecular flexibility index (Phi) is 4.78. The molecule has 0 aliphatic heterocycles. The minimum absolute atomic E-state index is 0.344.